The molecule has 0 saturated carbocycles. The van der Waals surface area contributed by atoms with Crippen molar-refractivity contribution >= 4 is 10.9 Å². The van der Waals surface area contributed by atoms with Crippen molar-refractivity contribution in [1.82, 2.24) is 9.78 Å². The van der Waals surface area contributed by atoms with Gasteiger partial charge in [0.1, 0.15) is 0 Å². The molecule has 2 aromatic carbocycles. The van der Waals surface area contributed by atoms with E-state index in [0.29, 0.717) is 10.9 Å². The highest BCUT2D eigenvalue weighted by Gasteiger charge is 2.34. The SMILES string of the molecule is O=c1cc2ccccc2nn1CC(O)c1ccccc1C(F)(F)F. The number of halogens is 3. The van der Waals surface area contributed by atoms with Gasteiger partial charge >= 0.3 is 6.18 Å². The number of rotatable bonds is 3. The van der Waals surface area contributed by atoms with Gasteiger partial charge in [-0.1, -0.05) is 36.4 Å². The molecule has 24 heavy (non-hydrogen) atoms. The molecule has 3 rings (SSSR count). The molecule has 1 aromatic heterocycles. The first kappa shape index (κ1) is 16.2. The Bertz CT molecular complexity index is 935. The number of aliphatic hydroxyl groups excluding tert-OH is 1. The Labute approximate surface area is 134 Å². The predicted octanol–water partition coefficient (Wildman–Crippen LogP) is 3.15. The second-order valence-electron chi connectivity index (χ2n) is 5.32. The molecular formula is C17H13F3N2O2. The third-order valence-electron chi connectivity index (χ3n) is 3.67. The van der Waals surface area contributed by atoms with Crippen LogP contribution in [0.4, 0.5) is 13.2 Å². The summed E-state index contributed by atoms with van der Waals surface area (Å²) < 4.78 is 40.1. The molecule has 124 valence electrons. The Hall–Kier alpha value is -2.67. The standard InChI is InChI=1S/C17H13F3N2O2/c18-17(19,20)13-7-3-2-6-12(13)15(23)10-22-16(24)9-11-5-1-4-8-14(11)21-22/h1-9,15,23H,10H2. The van der Waals surface area contributed by atoms with E-state index in [9.17, 15) is 23.1 Å². The summed E-state index contributed by atoms with van der Waals surface area (Å²) in [5.41, 5.74) is -1.18. The van der Waals surface area contributed by atoms with Crippen molar-refractivity contribution < 1.29 is 18.3 Å². The molecule has 0 bridgehead atoms. The highest BCUT2D eigenvalue weighted by atomic mass is 19.4. The molecule has 3 aromatic rings. The fourth-order valence-corrected chi connectivity index (χ4v) is 2.53. The predicted molar refractivity (Wildman–Crippen MR) is 82.4 cm³/mol. The molecule has 0 amide bonds. The summed E-state index contributed by atoms with van der Waals surface area (Å²) in [4.78, 5) is 12.0. The van der Waals surface area contributed by atoms with Crippen LogP contribution in [0.3, 0.4) is 0 Å². The average Bonchev–Trinajstić information content (AvgIpc) is 2.54. The summed E-state index contributed by atoms with van der Waals surface area (Å²) in [5.74, 6) is 0. The van der Waals surface area contributed by atoms with Gasteiger partial charge in [-0.3, -0.25) is 4.79 Å². The van der Waals surface area contributed by atoms with E-state index in [0.717, 1.165) is 10.7 Å². The van der Waals surface area contributed by atoms with E-state index < -0.39 is 23.4 Å². The number of nitrogens with zero attached hydrogens (tertiary/aromatic N) is 2. The van der Waals surface area contributed by atoms with E-state index in [2.05, 4.69) is 5.10 Å². The molecule has 1 atom stereocenters. The molecule has 0 aliphatic heterocycles. The van der Waals surface area contributed by atoms with Crippen molar-refractivity contribution in [2.75, 3.05) is 0 Å². The third-order valence-corrected chi connectivity index (χ3v) is 3.67. The number of hydrogen-bond acceptors (Lipinski definition) is 3. The zero-order chi connectivity index (χ0) is 17.3. The number of aromatic nitrogens is 2. The lowest BCUT2D eigenvalue weighted by atomic mass is 10.0. The van der Waals surface area contributed by atoms with Crippen LogP contribution in [0.15, 0.2) is 59.4 Å². The number of fused-ring (bicyclic) bond motifs is 1. The normalized spacial score (nSPS) is 13.2. The Morgan fingerprint density at radius 1 is 1.08 bits per heavy atom. The first-order valence-electron chi connectivity index (χ1n) is 7.17. The molecule has 0 saturated heterocycles. The van der Waals surface area contributed by atoms with Crippen molar-refractivity contribution in [3.63, 3.8) is 0 Å². The van der Waals surface area contributed by atoms with Gasteiger partial charge in [0.25, 0.3) is 5.56 Å². The first-order valence-corrected chi connectivity index (χ1v) is 7.17. The summed E-state index contributed by atoms with van der Waals surface area (Å²) >= 11 is 0. The van der Waals surface area contributed by atoms with Gasteiger partial charge < -0.3 is 5.11 Å². The minimum absolute atomic E-state index is 0.285. The molecule has 0 aliphatic rings. The van der Waals surface area contributed by atoms with Crippen LogP contribution in [-0.2, 0) is 12.7 Å². The average molecular weight is 334 g/mol. The van der Waals surface area contributed by atoms with Crippen molar-refractivity contribution in [2.45, 2.75) is 18.8 Å². The van der Waals surface area contributed by atoms with Gasteiger partial charge in [-0.2, -0.15) is 18.3 Å². The van der Waals surface area contributed by atoms with Crippen molar-refractivity contribution in [3.8, 4) is 0 Å². The van der Waals surface area contributed by atoms with Gasteiger partial charge in [0.15, 0.2) is 0 Å². The van der Waals surface area contributed by atoms with Gasteiger partial charge in [0.2, 0.25) is 0 Å². The quantitative estimate of drug-likeness (QED) is 0.800. The Morgan fingerprint density at radius 3 is 2.50 bits per heavy atom. The maximum absolute atomic E-state index is 13.0. The summed E-state index contributed by atoms with van der Waals surface area (Å²) in [6.45, 7) is -0.364. The molecule has 0 radical (unpaired) electrons. The van der Waals surface area contributed by atoms with Gasteiger partial charge in [0.05, 0.1) is 23.7 Å². The van der Waals surface area contributed by atoms with E-state index in [1.165, 1.54) is 24.3 Å². The summed E-state index contributed by atoms with van der Waals surface area (Å²) in [5, 5.41) is 14.9. The van der Waals surface area contributed by atoms with Crippen LogP contribution in [-0.4, -0.2) is 14.9 Å². The summed E-state index contributed by atoms with van der Waals surface area (Å²) in [7, 11) is 0. The number of benzene rings is 2. The smallest absolute Gasteiger partial charge is 0.386 e. The molecule has 1 heterocycles. The lowest BCUT2D eigenvalue weighted by Crippen LogP contribution is -2.26. The zero-order valence-corrected chi connectivity index (χ0v) is 12.4. The highest BCUT2D eigenvalue weighted by Crippen LogP contribution is 2.34. The van der Waals surface area contributed by atoms with E-state index in [1.54, 1.807) is 24.3 Å². The minimum Gasteiger partial charge on any atom is -0.386 e. The van der Waals surface area contributed by atoms with Gasteiger partial charge in [-0.05, 0) is 17.7 Å². The lowest BCUT2D eigenvalue weighted by molar-refractivity contribution is -0.139. The summed E-state index contributed by atoms with van der Waals surface area (Å²) in [6.07, 6.45) is -6.09. The van der Waals surface area contributed by atoms with Crippen LogP contribution in [0.25, 0.3) is 10.9 Å². The molecular weight excluding hydrogens is 321 g/mol. The van der Waals surface area contributed by atoms with Gasteiger partial charge in [-0.25, -0.2) is 4.68 Å². The van der Waals surface area contributed by atoms with E-state index in [1.807, 2.05) is 0 Å². The van der Waals surface area contributed by atoms with Gasteiger partial charge in [0, 0.05) is 11.5 Å². The Morgan fingerprint density at radius 2 is 1.75 bits per heavy atom. The van der Waals surface area contributed by atoms with Crippen molar-refractivity contribution in [2.24, 2.45) is 0 Å². The van der Waals surface area contributed by atoms with Crippen LogP contribution in [0.2, 0.25) is 0 Å². The summed E-state index contributed by atoms with van der Waals surface area (Å²) in [6, 6.07) is 13.0. The van der Waals surface area contributed by atoms with Crippen molar-refractivity contribution in [1.29, 1.82) is 0 Å². The molecule has 1 unspecified atom stereocenters. The maximum Gasteiger partial charge on any atom is 0.416 e. The molecule has 1 N–H and O–H groups in total. The van der Waals surface area contributed by atoms with Crippen molar-refractivity contribution in [3.05, 3.63) is 76.1 Å². The Balaban J connectivity index is 1.98. The second-order valence-corrected chi connectivity index (χ2v) is 5.32. The van der Waals surface area contributed by atoms with E-state index in [4.69, 9.17) is 0 Å². The van der Waals surface area contributed by atoms with Crippen LogP contribution >= 0.6 is 0 Å². The zero-order valence-electron chi connectivity index (χ0n) is 12.4. The largest absolute Gasteiger partial charge is 0.416 e. The molecule has 0 spiro atoms. The van der Waals surface area contributed by atoms with Crippen LogP contribution in [0.1, 0.15) is 17.2 Å². The Kier molecular flexibility index (Phi) is 4.11. The fourth-order valence-electron chi connectivity index (χ4n) is 2.53. The van der Waals surface area contributed by atoms with Crippen LogP contribution < -0.4 is 5.56 Å². The highest BCUT2D eigenvalue weighted by molar-refractivity contribution is 5.77. The lowest BCUT2D eigenvalue weighted by Gasteiger charge is -2.18. The molecule has 7 heteroatoms. The number of hydrogen-bond donors (Lipinski definition) is 1. The van der Waals surface area contributed by atoms with Gasteiger partial charge in [-0.15, -0.1) is 0 Å². The van der Waals surface area contributed by atoms with Crippen LogP contribution in [0.5, 0.6) is 0 Å². The molecule has 0 fully saturated rings. The second kappa shape index (κ2) is 6.09. The molecule has 4 nitrogen and oxygen atoms in total. The topological polar surface area (TPSA) is 55.1 Å². The monoisotopic (exact) mass is 334 g/mol. The third kappa shape index (κ3) is 3.16. The van der Waals surface area contributed by atoms with Crippen LogP contribution in [0, 0.1) is 0 Å². The number of aliphatic hydroxyl groups is 1. The van der Waals surface area contributed by atoms with E-state index >= 15 is 0 Å². The molecule has 0 aliphatic carbocycles. The first-order chi connectivity index (χ1) is 11.4. The fraction of sp³-hybridized carbons (Fsp3) is 0.176. The number of alkyl halides is 3. The minimum atomic E-state index is -4.58. The maximum atomic E-state index is 13.0. The van der Waals surface area contributed by atoms with E-state index in [-0.39, 0.29) is 12.1 Å².